The first-order valence-electron chi connectivity index (χ1n) is 21.0. The van der Waals surface area contributed by atoms with Crippen molar-refractivity contribution in [1.82, 2.24) is 45.9 Å². The molecule has 16 nitrogen and oxygen atoms in total. The number of likely N-dealkylation sites (N-methyl/N-ethyl adjacent to an activating group) is 2. The topological polar surface area (TPSA) is 203 Å². The van der Waals surface area contributed by atoms with Gasteiger partial charge >= 0.3 is 0 Å². The van der Waals surface area contributed by atoms with Crippen LogP contribution >= 0.6 is 0 Å². The molecule has 4 unspecified atom stereocenters. The third-order valence-electron chi connectivity index (χ3n) is 12.7. The fraction of sp³-hybridized carbons (Fsp3) is 0.690. The second kappa shape index (κ2) is 17.6. The molecule has 5 rings (SSSR count). The highest BCUT2D eigenvalue weighted by molar-refractivity contribution is 6.38. The molecule has 3 heterocycles. The Morgan fingerprint density at radius 3 is 2.22 bits per heavy atom. The molecule has 0 bridgehead atoms. The fourth-order valence-corrected chi connectivity index (χ4v) is 8.59. The summed E-state index contributed by atoms with van der Waals surface area (Å²) in [7, 11) is 0. The number of rotatable bonds is 15. The molecule has 2 saturated heterocycles. The smallest absolute Gasteiger partial charge is 0.289 e. The van der Waals surface area contributed by atoms with E-state index in [-0.39, 0.29) is 43.6 Å². The molecule has 4 aliphatic rings. The van der Waals surface area contributed by atoms with Crippen molar-refractivity contribution in [2.45, 2.75) is 154 Å². The van der Waals surface area contributed by atoms with E-state index in [0.717, 1.165) is 50.5 Å². The Morgan fingerprint density at radius 2 is 1.66 bits per heavy atom. The number of nitrogens with zero attached hydrogens (tertiary/aromatic N) is 5. The summed E-state index contributed by atoms with van der Waals surface area (Å²) in [4.78, 5) is 112. The molecule has 2 aliphatic carbocycles. The Hall–Kier alpha value is -4.73. The Kier molecular flexibility index (Phi) is 13.5. The Morgan fingerprint density at radius 1 is 0.966 bits per heavy atom. The average Bonchev–Trinajstić information content (AvgIpc) is 3.89. The number of hydrogen-bond donors (Lipinski definition) is 4. The maximum absolute atomic E-state index is 15.6. The van der Waals surface area contributed by atoms with Gasteiger partial charge in [0.25, 0.3) is 11.8 Å². The minimum absolute atomic E-state index is 0.0172. The average molecular weight is 806 g/mol. The Balaban J connectivity index is 1.54. The molecule has 58 heavy (non-hydrogen) atoms. The number of hydrogen-bond acceptors (Lipinski definition) is 10. The molecule has 2 saturated carbocycles. The highest BCUT2D eigenvalue weighted by Gasteiger charge is 2.66. The van der Waals surface area contributed by atoms with Crippen LogP contribution in [0.2, 0.25) is 0 Å². The lowest BCUT2D eigenvalue weighted by molar-refractivity contribution is -0.154. The molecule has 4 N–H and O–H groups in total. The van der Waals surface area contributed by atoms with Crippen molar-refractivity contribution in [2.75, 3.05) is 26.2 Å². The van der Waals surface area contributed by atoms with Crippen molar-refractivity contribution in [3.63, 3.8) is 0 Å². The van der Waals surface area contributed by atoms with Crippen LogP contribution < -0.4 is 21.3 Å². The van der Waals surface area contributed by atoms with Crippen LogP contribution in [0, 0.1) is 5.41 Å². The zero-order chi connectivity index (χ0) is 42.6. The van der Waals surface area contributed by atoms with E-state index in [0.29, 0.717) is 19.5 Å². The molecular weight excluding hydrogens is 743 g/mol. The minimum Gasteiger partial charge on any atom is -0.347 e. The lowest BCUT2D eigenvalue weighted by Crippen LogP contribution is -2.70. The van der Waals surface area contributed by atoms with Crippen LogP contribution in [-0.4, -0.2) is 127 Å². The van der Waals surface area contributed by atoms with Gasteiger partial charge in [-0.1, -0.05) is 59.1 Å². The number of carbonyl (C=O) groups is 7. The van der Waals surface area contributed by atoms with Crippen molar-refractivity contribution < 1.29 is 33.6 Å². The van der Waals surface area contributed by atoms with Gasteiger partial charge < -0.3 is 31.1 Å². The van der Waals surface area contributed by atoms with Crippen LogP contribution in [0.1, 0.15) is 130 Å². The van der Waals surface area contributed by atoms with E-state index in [1.54, 1.807) is 24.8 Å². The first-order valence-corrected chi connectivity index (χ1v) is 21.0. The highest BCUT2D eigenvalue weighted by Crippen LogP contribution is 2.47. The number of nitrogens with one attached hydrogen (secondary N) is 4. The molecule has 0 radical (unpaired) electrons. The van der Waals surface area contributed by atoms with Gasteiger partial charge in [0.2, 0.25) is 29.4 Å². The third-order valence-corrected chi connectivity index (χ3v) is 12.7. The predicted octanol–water partition coefficient (Wildman–Crippen LogP) is 2.39. The quantitative estimate of drug-likeness (QED) is 0.151. The van der Waals surface area contributed by atoms with Crippen LogP contribution in [0.3, 0.4) is 0 Å². The summed E-state index contributed by atoms with van der Waals surface area (Å²) < 4.78 is 0. The first-order chi connectivity index (χ1) is 27.3. The van der Waals surface area contributed by atoms with Crippen molar-refractivity contribution in [3.05, 3.63) is 35.9 Å². The number of carbonyl (C=O) groups excluding carboxylic acids is 7. The van der Waals surface area contributed by atoms with Crippen LogP contribution in [0.5, 0.6) is 0 Å². The highest BCUT2D eigenvalue weighted by atomic mass is 16.2. The van der Waals surface area contributed by atoms with Crippen LogP contribution in [0.4, 0.5) is 0 Å². The number of ketones is 1. The van der Waals surface area contributed by atoms with Crippen LogP contribution in [0.15, 0.2) is 30.2 Å². The maximum atomic E-state index is 15.6. The normalized spacial score (nSPS) is 24.5. The summed E-state index contributed by atoms with van der Waals surface area (Å²) in [5.41, 5.74) is -4.32. The fourth-order valence-electron chi connectivity index (χ4n) is 8.59. The van der Waals surface area contributed by atoms with Crippen LogP contribution in [0.25, 0.3) is 0 Å². The van der Waals surface area contributed by atoms with Gasteiger partial charge in [-0.05, 0) is 77.7 Å². The van der Waals surface area contributed by atoms with E-state index in [4.69, 9.17) is 0 Å². The molecule has 1 aromatic rings. The van der Waals surface area contributed by atoms with Gasteiger partial charge in [-0.2, -0.15) is 0 Å². The van der Waals surface area contributed by atoms with E-state index in [1.807, 2.05) is 46.4 Å². The molecule has 0 aromatic carbocycles. The van der Waals surface area contributed by atoms with Gasteiger partial charge in [0.05, 0.1) is 25.3 Å². The number of amides is 6. The molecule has 16 heteroatoms. The summed E-state index contributed by atoms with van der Waals surface area (Å²) in [6.07, 6.45) is 12.7. The van der Waals surface area contributed by atoms with Crippen molar-refractivity contribution in [3.8, 4) is 0 Å². The second-order valence-corrected chi connectivity index (χ2v) is 17.7. The summed E-state index contributed by atoms with van der Waals surface area (Å²) in [6, 6.07) is -2.37. The van der Waals surface area contributed by atoms with Crippen LogP contribution in [-0.2, 0) is 28.8 Å². The number of likely N-dealkylation sites (tertiary alicyclic amines) is 1. The van der Waals surface area contributed by atoms with Crippen molar-refractivity contribution in [1.29, 1.82) is 0 Å². The largest absolute Gasteiger partial charge is 0.347 e. The maximum Gasteiger partial charge on any atom is 0.289 e. The van der Waals surface area contributed by atoms with E-state index >= 15 is 4.79 Å². The third kappa shape index (κ3) is 8.96. The summed E-state index contributed by atoms with van der Waals surface area (Å²) in [5, 5.41) is 11.4. The molecule has 1 aromatic heterocycles. The minimum atomic E-state index is -1.68. The van der Waals surface area contributed by atoms with Gasteiger partial charge in [0.1, 0.15) is 28.5 Å². The molecule has 1 spiro atoms. The standard InChI is InChI=1S/C42H63N9O7/c1-9-15-29(33(53)36(56)45-28-18-19-28)47-37(57)40(7)25-42(49(10-2)24-32(52)50(42)11-3)26-51(40)38(58)41(8,39(4,5)6)48-35(55)30(22-27-16-13-12-14-17-27)46-34(54)31-23-43-20-21-44-31/h20-23,28-30H,9-19,24-26H2,1-8H3,(H,45,56)(H,46,54)(H,47,57)(H,48,55)/t29?,30?,40-,41?,42?/m0/s1. The molecule has 6 amide bonds. The lowest BCUT2D eigenvalue weighted by atomic mass is 9.73. The van der Waals surface area contributed by atoms with E-state index in [9.17, 15) is 28.8 Å². The van der Waals surface area contributed by atoms with E-state index in [1.165, 1.54) is 23.5 Å². The number of aromatic nitrogens is 2. The number of allylic oxidation sites excluding steroid dienone is 1. The Labute approximate surface area is 342 Å². The van der Waals surface area contributed by atoms with Crippen molar-refractivity contribution >= 4 is 41.2 Å². The van der Waals surface area contributed by atoms with Gasteiger partial charge in [0.15, 0.2) is 0 Å². The first kappa shape index (κ1) is 44.4. The van der Waals surface area contributed by atoms with Gasteiger partial charge in [-0.25, -0.2) is 4.98 Å². The molecule has 4 fully saturated rings. The lowest BCUT2D eigenvalue weighted by Gasteiger charge is -2.47. The molecular formula is C42H63N9O7. The molecule has 318 valence electrons. The predicted molar refractivity (Wildman–Crippen MR) is 216 cm³/mol. The molecule has 2 aliphatic heterocycles. The zero-order valence-corrected chi connectivity index (χ0v) is 35.5. The summed E-state index contributed by atoms with van der Waals surface area (Å²) in [6.45, 7) is 15.1. The van der Waals surface area contributed by atoms with E-state index < -0.39 is 69.6 Å². The Bertz CT molecular complexity index is 1790. The van der Waals surface area contributed by atoms with Crippen molar-refractivity contribution in [2.24, 2.45) is 5.41 Å². The SMILES string of the molecule is CCCC(NC(=O)[C@]1(C)CC2(CN1C(=O)C(C)(NC(=O)C(C=C1CCCCC1)NC(=O)c1cnccn1)C(C)(C)C)N(CC)CC(=O)N2CC)C(=O)C(=O)NC1CC1. The summed E-state index contributed by atoms with van der Waals surface area (Å²) >= 11 is 0. The zero-order valence-electron chi connectivity index (χ0n) is 35.5. The van der Waals surface area contributed by atoms with E-state index in [2.05, 4.69) is 31.2 Å². The van der Waals surface area contributed by atoms with Gasteiger partial charge in [-0.15, -0.1) is 0 Å². The van der Waals surface area contributed by atoms with Gasteiger partial charge in [0, 0.05) is 31.4 Å². The monoisotopic (exact) mass is 805 g/mol. The number of Topliss-reactive ketones (excluding diaryl/α,β-unsaturated/α-hetero) is 1. The summed E-state index contributed by atoms with van der Waals surface area (Å²) in [5.74, 6) is -4.12. The molecule has 5 atom stereocenters. The second-order valence-electron chi connectivity index (χ2n) is 17.7. The van der Waals surface area contributed by atoms with Gasteiger partial charge in [-0.3, -0.25) is 43.4 Å².